The lowest BCUT2D eigenvalue weighted by atomic mass is 9.53. The lowest BCUT2D eigenvalue weighted by molar-refractivity contribution is -0.177. The third kappa shape index (κ3) is 4.03. The normalized spacial score (nSPS) is 40.1. The molecule has 0 aromatic rings. The molecule has 4 aliphatic carbocycles. The highest BCUT2D eigenvalue weighted by atomic mass is 16.6. The van der Waals surface area contributed by atoms with E-state index in [9.17, 15) is 14.7 Å². The fourth-order valence-corrected chi connectivity index (χ4v) is 5.84. The number of ether oxygens (including phenoxy) is 2. The van der Waals surface area contributed by atoms with Crippen LogP contribution >= 0.6 is 0 Å². The maximum atomic E-state index is 12.7. The number of hydrogen-bond donors (Lipinski definition) is 2. The van der Waals surface area contributed by atoms with Crippen molar-refractivity contribution in [2.75, 3.05) is 13.1 Å². The number of rotatable bonds is 2. The Morgan fingerprint density at radius 3 is 2.41 bits per heavy atom. The van der Waals surface area contributed by atoms with Crippen molar-refractivity contribution < 1.29 is 24.2 Å². The average molecular weight is 380 g/mol. The first kappa shape index (κ1) is 18.8. The second-order valence-corrected chi connectivity index (χ2v) is 10.1. The molecular weight excluding hydrogens is 348 g/mol. The lowest BCUT2D eigenvalue weighted by Gasteiger charge is -2.57. The van der Waals surface area contributed by atoms with Gasteiger partial charge >= 0.3 is 12.2 Å². The van der Waals surface area contributed by atoms with Gasteiger partial charge in [0.05, 0.1) is 11.6 Å². The van der Waals surface area contributed by atoms with Crippen LogP contribution in [0.4, 0.5) is 9.59 Å². The highest BCUT2D eigenvalue weighted by Gasteiger charge is 2.56. The Kier molecular flexibility index (Phi) is 4.56. The Morgan fingerprint density at radius 1 is 1.15 bits per heavy atom. The van der Waals surface area contributed by atoms with Gasteiger partial charge in [0.1, 0.15) is 11.7 Å². The quantitative estimate of drug-likeness (QED) is 0.769. The van der Waals surface area contributed by atoms with Gasteiger partial charge in [0.15, 0.2) is 0 Å². The summed E-state index contributed by atoms with van der Waals surface area (Å²) in [5.74, 6) is 1.18. The summed E-state index contributed by atoms with van der Waals surface area (Å²) in [7, 11) is 0. The molecule has 2 N–H and O–H groups in total. The second kappa shape index (κ2) is 6.54. The van der Waals surface area contributed by atoms with Crippen LogP contribution in [0.15, 0.2) is 0 Å². The Morgan fingerprint density at radius 2 is 1.81 bits per heavy atom. The third-order valence-corrected chi connectivity index (χ3v) is 6.56. The fraction of sp³-hybridized carbons (Fsp3) is 0.900. The highest BCUT2D eigenvalue weighted by molar-refractivity contribution is 5.70. The van der Waals surface area contributed by atoms with Crippen LogP contribution < -0.4 is 5.32 Å². The van der Waals surface area contributed by atoms with Gasteiger partial charge in [0, 0.05) is 13.1 Å². The van der Waals surface area contributed by atoms with Gasteiger partial charge in [-0.25, -0.2) is 9.59 Å². The SMILES string of the molecule is CC(C)(C)OC(=O)N[C@@H]1CCN(C(=O)OC2C3CC4C[C@H]2CC(O)(C4)C3)C1. The zero-order valence-electron chi connectivity index (χ0n) is 16.6. The van der Waals surface area contributed by atoms with Crippen LogP contribution in [0, 0.1) is 17.8 Å². The molecule has 0 aromatic carbocycles. The number of carbonyl (C=O) groups is 2. The van der Waals surface area contributed by atoms with Crippen molar-refractivity contribution >= 4 is 12.2 Å². The van der Waals surface area contributed by atoms with Gasteiger partial charge in [-0.15, -0.1) is 0 Å². The van der Waals surface area contributed by atoms with Crippen LogP contribution in [0.1, 0.15) is 59.3 Å². The number of likely N-dealkylation sites (tertiary alicyclic amines) is 1. The molecule has 7 nitrogen and oxygen atoms in total. The summed E-state index contributed by atoms with van der Waals surface area (Å²) in [5, 5.41) is 13.5. The number of amides is 2. The summed E-state index contributed by atoms with van der Waals surface area (Å²) in [6, 6.07) is -0.105. The van der Waals surface area contributed by atoms with Crippen molar-refractivity contribution in [2.24, 2.45) is 17.8 Å². The smallest absolute Gasteiger partial charge is 0.410 e. The van der Waals surface area contributed by atoms with E-state index in [0.717, 1.165) is 32.1 Å². The maximum absolute atomic E-state index is 12.7. The summed E-state index contributed by atoms with van der Waals surface area (Å²) >= 11 is 0. The third-order valence-electron chi connectivity index (χ3n) is 6.56. The van der Waals surface area contributed by atoms with Crippen molar-refractivity contribution in [2.45, 2.75) is 82.6 Å². The molecule has 1 aliphatic heterocycles. The van der Waals surface area contributed by atoms with Gasteiger partial charge in [0.25, 0.3) is 0 Å². The van der Waals surface area contributed by atoms with Crippen LogP contribution in [-0.4, -0.2) is 58.6 Å². The molecule has 1 saturated heterocycles. The van der Waals surface area contributed by atoms with Gasteiger partial charge < -0.3 is 24.8 Å². The Labute approximate surface area is 160 Å². The molecule has 5 rings (SSSR count). The molecule has 4 saturated carbocycles. The Hall–Kier alpha value is -1.50. The summed E-state index contributed by atoms with van der Waals surface area (Å²) in [6.45, 7) is 6.51. The topological polar surface area (TPSA) is 88.1 Å². The fourth-order valence-electron chi connectivity index (χ4n) is 5.84. The number of carbonyl (C=O) groups excluding carboxylic acids is 2. The second-order valence-electron chi connectivity index (χ2n) is 10.1. The van der Waals surface area contributed by atoms with E-state index in [1.807, 2.05) is 20.8 Å². The summed E-state index contributed by atoms with van der Waals surface area (Å²) < 4.78 is 11.2. The van der Waals surface area contributed by atoms with E-state index in [1.165, 1.54) is 0 Å². The zero-order chi connectivity index (χ0) is 19.4. The van der Waals surface area contributed by atoms with Crippen molar-refractivity contribution in [1.82, 2.24) is 10.2 Å². The monoisotopic (exact) mass is 380 g/mol. The molecular formula is C20H32N2O5. The van der Waals surface area contributed by atoms with Crippen molar-refractivity contribution in [3.05, 3.63) is 0 Å². The van der Waals surface area contributed by atoms with Gasteiger partial charge in [-0.2, -0.15) is 0 Å². The van der Waals surface area contributed by atoms with Crippen molar-refractivity contribution in [1.29, 1.82) is 0 Å². The highest BCUT2D eigenvalue weighted by Crippen LogP contribution is 2.56. The first-order valence-corrected chi connectivity index (χ1v) is 10.3. The number of nitrogens with zero attached hydrogens (tertiary/aromatic N) is 1. The van der Waals surface area contributed by atoms with E-state index in [0.29, 0.717) is 37.3 Å². The molecule has 0 spiro atoms. The minimum atomic E-state index is -0.537. The first-order valence-electron chi connectivity index (χ1n) is 10.3. The van der Waals surface area contributed by atoms with E-state index < -0.39 is 17.3 Å². The van der Waals surface area contributed by atoms with E-state index in [-0.39, 0.29) is 18.2 Å². The molecule has 7 heteroatoms. The lowest BCUT2D eigenvalue weighted by Crippen LogP contribution is -2.58. The van der Waals surface area contributed by atoms with Gasteiger partial charge in [-0.1, -0.05) is 0 Å². The predicted octanol–water partition coefficient (Wildman–Crippen LogP) is 2.66. The minimum Gasteiger partial charge on any atom is -0.446 e. The zero-order valence-corrected chi connectivity index (χ0v) is 16.6. The van der Waals surface area contributed by atoms with Gasteiger partial charge in [-0.05, 0) is 77.0 Å². The molecule has 2 amide bonds. The van der Waals surface area contributed by atoms with Crippen molar-refractivity contribution in [3.63, 3.8) is 0 Å². The number of nitrogens with one attached hydrogen (secondary N) is 1. The number of hydrogen-bond acceptors (Lipinski definition) is 5. The van der Waals surface area contributed by atoms with Gasteiger partial charge in [-0.3, -0.25) is 0 Å². The van der Waals surface area contributed by atoms with Crippen LogP contribution in [-0.2, 0) is 9.47 Å². The minimum absolute atomic E-state index is 0.0628. The van der Waals surface area contributed by atoms with Gasteiger partial charge in [0.2, 0.25) is 0 Å². The maximum Gasteiger partial charge on any atom is 0.410 e. The number of aliphatic hydroxyl groups is 1. The molecule has 5 aliphatic rings. The van der Waals surface area contributed by atoms with E-state index >= 15 is 0 Å². The standard InChI is InChI=1S/C20H32N2O5/c1-19(2,3)27-17(23)21-15-4-5-22(11-15)18(24)26-16-13-6-12-7-14(16)10-20(25,8-12)9-13/h12-16,25H,4-11H2,1-3H3,(H,21,23)/t12?,13-,14?,15+,16?,20?/m0/s1. The van der Waals surface area contributed by atoms with Crippen LogP contribution in [0.25, 0.3) is 0 Å². The molecule has 1 heterocycles. The average Bonchev–Trinajstić information content (AvgIpc) is 2.95. The van der Waals surface area contributed by atoms with Crippen molar-refractivity contribution in [3.8, 4) is 0 Å². The molecule has 4 unspecified atom stereocenters. The molecule has 6 atom stereocenters. The summed E-state index contributed by atoms with van der Waals surface area (Å²) in [4.78, 5) is 26.3. The van der Waals surface area contributed by atoms with Crippen LogP contribution in [0.5, 0.6) is 0 Å². The van der Waals surface area contributed by atoms with Crippen LogP contribution in [0.3, 0.4) is 0 Å². The Bertz CT molecular complexity index is 600. The predicted molar refractivity (Wildman–Crippen MR) is 98.1 cm³/mol. The molecule has 0 radical (unpaired) electrons. The molecule has 0 aromatic heterocycles. The molecule has 152 valence electrons. The van der Waals surface area contributed by atoms with E-state index in [4.69, 9.17) is 9.47 Å². The van der Waals surface area contributed by atoms with Crippen LogP contribution in [0.2, 0.25) is 0 Å². The summed E-state index contributed by atoms with van der Waals surface area (Å²) in [6.07, 6.45) is 4.50. The molecule has 27 heavy (non-hydrogen) atoms. The Balaban J connectivity index is 1.28. The molecule has 4 bridgehead atoms. The molecule has 5 fully saturated rings. The largest absolute Gasteiger partial charge is 0.446 e. The van der Waals surface area contributed by atoms with E-state index in [1.54, 1.807) is 4.90 Å². The first-order chi connectivity index (χ1) is 12.6. The van der Waals surface area contributed by atoms with E-state index in [2.05, 4.69) is 5.32 Å². The number of alkyl carbamates (subject to hydrolysis) is 1. The summed E-state index contributed by atoms with van der Waals surface area (Å²) in [5.41, 5.74) is -1.06.